The normalized spacial score (nSPS) is 10.2. The Morgan fingerprint density at radius 1 is 1.21 bits per heavy atom. The van der Waals surface area contributed by atoms with E-state index in [-0.39, 0.29) is 22.9 Å². The number of aromatic nitrogens is 1. The lowest BCUT2D eigenvalue weighted by molar-refractivity contribution is 0.0532. The second kappa shape index (κ2) is 10.1. The second-order valence-corrected chi connectivity index (χ2v) is 7.18. The Hall–Kier alpha value is -2.85. The highest BCUT2D eigenvalue weighted by molar-refractivity contribution is 7.73. The van der Waals surface area contributed by atoms with E-state index in [1.54, 1.807) is 17.6 Å². The highest BCUT2D eigenvalue weighted by Gasteiger charge is 2.24. The molecule has 10 heteroatoms. The van der Waals surface area contributed by atoms with Crippen LogP contribution in [-0.4, -0.2) is 44.4 Å². The number of hydrogen-bond acceptors (Lipinski definition) is 8. The number of thiazole rings is 1. The molecule has 1 N–H and O–H groups in total. The molecule has 0 atom stereocenters. The first-order valence-electron chi connectivity index (χ1n) is 8.54. The number of nitrogens with zero attached hydrogens (tertiary/aromatic N) is 1. The number of methoxy groups -OCH3 is 3. The molecule has 1 heterocycles. The van der Waals surface area contributed by atoms with E-state index < -0.39 is 11.9 Å². The summed E-state index contributed by atoms with van der Waals surface area (Å²) in [5, 5.41) is 2.75. The highest BCUT2D eigenvalue weighted by atomic mass is 32.1. The molecule has 0 spiro atoms. The van der Waals surface area contributed by atoms with Gasteiger partial charge in [0.15, 0.2) is 20.3 Å². The van der Waals surface area contributed by atoms with E-state index in [2.05, 4.69) is 11.9 Å². The fourth-order valence-electron chi connectivity index (χ4n) is 2.55. The average molecular weight is 439 g/mol. The van der Waals surface area contributed by atoms with Crippen molar-refractivity contribution in [2.75, 3.05) is 33.3 Å². The molecule has 0 saturated heterocycles. The molecule has 1 aromatic carbocycles. The van der Waals surface area contributed by atoms with Crippen molar-refractivity contribution < 1.29 is 28.5 Å². The van der Waals surface area contributed by atoms with E-state index in [9.17, 15) is 9.59 Å². The molecule has 0 aliphatic rings. The predicted molar refractivity (Wildman–Crippen MR) is 113 cm³/mol. The third-order valence-electron chi connectivity index (χ3n) is 3.83. The van der Waals surface area contributed by atoms with Crippen molar-refractivity contribution >= 4 is 41.2 Å². The van der Waals surface area contributed by atoms with Crippen LogP contribution in [-0.2, 0) is 11.3 Å². The number of carbonyl (C=O) groups is 2. The Balaban J connectivity index is 2.51. The van der Waals surface area contributed by atoms with Crippen molar-refractivity contribution in [3.8, 4) is 17.2 Å². The number of benzene rings is 1. The third-order valence-corrected chi connectivity index (χ3v) is 5.26. The molecule has 2 aromatic rings. The molecule has 0 unspecified atom stereocenters. The number of anilines is 1. The topological polar surface area (TPSA) is 88.0 Å². The maximum absolute atomic E-state index is 13.0. The van der Waals surface area contributed by atoms with Crippen LogP contribution in [0.5, 0.6) is 17.2 Å². The fourth-order valence-corrected chi connectivity index (χ4v) is 3.82. The standard InChI is InChI=1S/C19H22N2O6S2/c1-6-8-21-16(15(29-19(21)28)18(23)27-7-2)20-17(22)11-9-12(24-3)14(26-5)13(10-11)25-4/h6,9-10H,1,7-8H2,2-5H3,(H,20,22). The largest absolute Gasteiger partial charge is 0.493 e. The van der Waals surface area contributed by atoms with Crippen LogP contribution in [0.25, 0.3) is 0 Å². The molecule has 2 rings (SSSR count). The zero-order valence-electron chi connectivity index (χ0n) is 16.6. The van der Waals surface area contributed by atoms with Crippen molar-refractivity contribution in [1.82, 2.24) is 4.57 Å². The number of rotatable bonds is 9. The molecular formula is C19H22N2O6S2. The lowest BCUT2D eigenvalue weighted by atomic mass is 10.1. The van der Waals surface area contributed by atoms with E-state index >= 15 is 0 Å². The van der Waals surface area contributed by atoms with Crippen molar-refractivity contribution in [2.45, 2.75) is 13.5 Å². The van der Waals surface area contributed by atoms with Crippen molar-refractivity contribution in [1.29, 1.82) is 0 Å². The summed E-state index contributed by atoms with van der Waals surface area (Å²) in [6.07, 6.45) is 1.62. The summed E-state index contributed by atoms with van der Waals surface area (Å²) >= 11 is 6.39. The van der Waals surface area contributed by atoms with Gasteiger partial charge in [0.1, 0.15) is 5.82 Å². The number of carbonyl (C=O) groups excluding carboxylic acids is 2. The Morgan fingerprint density at radius 3 is 2.31 bits per heavy atom. The summed E-state index contributed by atoms with van der Waals surface area (Å²) in [5.41, 5.74) is 0.247. The van der Waals surface area contributed by atoms with Crippen LogP contribution in [0.3, 0.4) is 0 Å². The van der Waals surface area contributed by atoms with Gasteiger partial charge in [0.25, 0.3) is 5.91 Å². The SMILES string of the molecule is C=CCn1c(NC(=O)c2cc(OC)c(OC)c(OC)c2)c(C(=O)OCC)sc1=S. The molecule has 0 bridgehead atoms. The molecule has 1 amide bonds. The van der Waals surface area contributed by atoms with Gasteiger partial charge in [-0.25, -0.2) is 4.79 Å². The summed E-state index contributed by atoms with van der Waals surface area (Å²) in [6, 6.07) is 3.03. The van der Waals surface area contributed by atoms with Gasteiger partial charge in [-0.1, -0.05) is 17.4 Å². The van der Waals surface area contributed by atoms with E-state index in [0.717, 1.165) is 11.3 Å². The maximum Gasteiger partial charge on any atom is 0.352 e. The van der Waals surface area contributed by atoms with Gasteiger partial charge in [-0.15, -0.1) is 6.58 Å². The van der Waals surface area contributed by atoms with Crippen LogP contribution in [0.4, 0.5) is 5.82 Å². The first-order valence-corrected chi connectivity index (χ1v) is 9.77. The van der Waals surface area contributed by atoms with E-state index in [0.29, 0.717) is 27.7 Å². The zero-order chi connectivity index (χ0) is 21.6. The number of ether oxygens (including phenoxy) is 4. The first kappa shape index (κ1) is 22.4. The minimum atomic E-state index is -0.563. The van der Waals surface area contributed by atoms with Gasteiger partial charge >= 0.3 is 5.97 Å². The van der Waals surface area contributed by atoms with Crippen LogP contribution in [0.1, 0.15) is 27.0 Å². The van der Waals surface area contributed by atoms with E-state index in [4.69, 9.17) is 31.2 Å². The van der Waals surface area contributed by atoms with Crippen LogP contribution in [0.15, 0.2) is 24.8 Å². The second-order valence-electron chi connectivity index (χ2n) is 5.53. The zero-order valence-corrected chi connectivity index (χ0v) is 18.2. The van der Waals surface area contributed by atoms with Gasteiger partial charge < -0.3 is 28.8 Å². The summed E-state index contributed by atoms with van der Waals surface area (Å²) in [5.74, 6) is 0.222. The lowest BCUT2D eigenvalue weighted by Gasteiger charge is -2.15. The van der Waals surface area contributed by atoms with Crippen LogP contribution in [0, 0.1) is 3.95 Å². The fraction of sp³-hybridized carbons (Fsp3) is 0.316. The molecule has 0 aliphatic heterocycles. The summed E-state index contributed by atoms with van der Waals surface area (Å²) in [7, 11) is 4.39. The van der Waals surface area contributed by atoms with Gasteiger partial charge in [-0.2, -0.15) is 0 Å². The Bertz CT molecular complexity index is 955. The predicted octanol–water partition coefficient (Wildman–Crippen LogP) is 3.92. The molecule has 29 heavy (non-hydrogen) atoms. The van der Waals surface area contributed by atoms with Gasteiger partial charge in [0.2, 0.25) is 5.75 Å². The molecule has 1 aromatic heterocycles. The van der Waals surface area contributed by atoms with Gasteiger partial charge in [0, 0.05) is 12.1 Å². The van der Waals surface area contributed by atoms with Crippen molar-refractivity contribution in [2.24, 2.45) is 0 Å². The van der Waals surface area contributed by atoms with Crippen molar-refractivity contribution in [3.63, 3.8) is 0 Å². The average Bonchev–Trinajstić information content (AvgIpc) is 3.02. The van der Waals surface area contributed by atoms with Crippen molar-refractivity contribution in [3.05, 3.63) is 39.2 Å². The molecular weight excluding hydrogens is 416 g/mol. The van der Waals surface area contributed by atoms with Gasteiger partial charge in [0.05, 0.1) is 27.9 Å². The third kappa shape index (κ3) is 4.77. The molecule has 0 saturated carbocycles. The number of allylic oxidation sites excluding steroid dienone is 1. The molecule has 0 aliphatic carbocycles. The maximum atomic E-state index is 13.0. The summed E-state index contributed by atoms with van der Waals surface area (Å²) in [4.78, 5) is 25.5. The van der Waals surface area contributed by atoms with Crippen LogP contribution in [0.2, 0.25) is 0 Å². The number of hydrogen-bond donors (Lipinski definition) is 1. The smallest absolute Gasteiger partial charge is 0.352 e. The van der Waals surface area contributed by atoms with Crippen LogP contribution < -0.4 is 19.5 Å². The minimum Gasteiger partial charge on any atom is -0.493 e. The number of amides is 1. The number of esters is 1. The molecule has 8 nitrogen and oxygen atoms in total. The van der Waals surface area contributed by atoms with Gasteiger partial charge in [-0.3, -0.25) is 4.79 Å². The monoisotopic (exact) mass is 438 g/mol. The summed E-state index contributed by atoms with van der Waals surface area (Å²) < 4.78 is 22.9. The van der Waals surface area contributed by atoms with Gasteiger partial charge in [-0.05, 0) is 31.3 Å². The molecule has 156 valence electrons. The lowest BCUT2D eigenvalue weighted by Crippen LogP contribution is -2.18. The van der Waals surface area contributed by atoms with Crippen LogP contribution >= 0.6 is 23.6 Å². The molecule has 0 radical (unpaired) electrons. The number of nitrogens with one attached hydrogen (secondary N) is 1. The Morgan fingerprint density at radius 2 is 1.83 bits per heavy atom. The highest BCUT2D eigenvalue weighted by Crippen LogP contribution is 2.38. The first-order chi connectivity index (χ1) is 13.9. The van der Waals surface area contributed by atoms with E-state index in [1.165, 1.54) is 33.5 Å². The Labute approximate surface area is 177 Å². The van der Waals surface area contributed by atoms with E-state index in [1.807, 2.05) is 0 Å². The summed E-state index contributed by atoms with van der Waals surface area (Å²) in [6.45, 7) is 5.91. The minimum absolute atomic E-state index is 0.200. The Kier molecular flexibility index (Phi) is 7.80. The molecule has 0 fully saturated rings. The quantitative estimate of drug-likeness (QED) is 0.361.